The average molecular weight is 401 g/mol. The highest BCUT2D eigenvalue weighted by Gasteiger charge is 2.25. The number of Topliss-reactive ketones (excluding diaryl/α,β-unsaturated/α-hetero) is 1. The van der Waals surface area contributed by atoms with Crippen molar-refractivity contribution < 1.29 is 24.1 Å². The molecule has 0 aliphatic carbocycles. The summed E-state index contributed by atoms with van der Waals surface area (Å²) in [6.07, 6.45) is 4.42. The summed E-state index contributed by atoms with van der Waals surface area (Å²) in [6, 6.07) is 1.62. The van der Waals surface area contributed by atoms with E-state index in [2.05, 4.69) is 9.97 Å². The first kappa shape index (κ1) is 20.6. The molecule has 3 rings (SSSR count). The number of hydrogen-bond acceptors (Lipinski definition) is 7. The van der Waals surface area contributed by atoms with E-state index in [1.807, 2.05) is 0 Å². The standard InChI is InChI=1S/C20H23N3O6/c1-11(12(2)24)13-5-16(29-10-28-4)20(26)19-18(13)14(8-23(19)9-27-3)15-6-21-7-17(25)22-15/h5-8,11,26H,9-10H2,1-4H3,(H,22,25)/t11-/m1/s1. The molecule has 0 spiro atoms. The Morgan fingerprint density at radius 1 is 1.31 bits per heavy atom. The van der Waals surface area contributed by atoms with Crippen LogP contribution in [0.3, 0.4) is 0 Å². The predicted molar refractivity (Wildman–Crippen MR) is 106 cm³/mol. The number of ketones is 1. The SMILES string of the molecule is COCOc1cc([C@H](C)C(C)=O)c2c(-c3cncc(=O)[nH]3)cn(COC)c2c1O. The quantitative estimate of drug-likeness (QED) is 0.557. The number of carbonyl (C=O) groups excluding carboxylic acids is 1. The number of hydrogen-bond donors (Lipinski definition) is 2. The van der Waals surface area contributed by atoms with E-state index in [-0.39, 0.29) is 36.4 Å². The fraction of sp³-hybridized carbons (Fsp3) is 0.350. The molecule has 3 aromatic rings. The van der Waals surface area contributed by atoms with Gasteiger partial charge in [-0.1, -0.05) is 6.92 Å². The second-order valence-electron chi connectivity index (χ2n) is 6.66. The number of phenolic OH excluding ortho intramolecular Hbond substituents is 1. The Morgan fingerprint density at radius 3 is 2.69 bits per heavy atom. The minimum absolute atomic E-state index is 0.0557. The number of methoxy groups -OCH3 is 2. The number of H-pyrrole nitrogens is 1. The fourth-order valence-corrected chi connectivity index (χ4v) is 3.25. The van der Waals surface area contributed by atoms with Crippen molar-refractivity contribution in [2.75, 3.05) is 21.0 Å². The lowest BCUT2D eigenvalue weighted by Gasteiger charge is -2.17. The molecule has 2 aromatic heterocycles. The number of aromatic hydroxyl groups is 1. The Hall–Kier alpha value is -3.17. The third-order valence-electron chi connectivity index (χ3n) is 4.73. The zero-order valence-electron chi connectivity index (χ0n) is 16.7. The molecule has 0 bridgehead atoms. The molecule has 154 valence electrons. The highest BCUT2D eigenvalue weighted by atomic mass is 16.7. The van der Waals surface area contributed by atoms with E-state index >= 15 is 0 Å². The van der Waals surface area contributed by atoms with Gasteiger partial charge in [-0.2, -0.15) is 0 Å². The molecule has 0 saturated heterocycles. The van der Waals surface area contributed by atoms with Gasteiger partial charge in [0.25, 0.3) is 5.56 Å². The summed E-state index contributed by atoms with van der Waals surface area (Å²) < 4.78 is 17.4. The first-order valence-electron chi connectivity index (χ1n) is 8.93. The van der Waals surface area contributed by atoms with Gasteiger partial charge in [0.05, 0.1) is 23.6 Å². The molecule has 1 aromatic carbocycles. The lowest BCUT2D eigenvalue weighted by molar-refractivity contribution is -0.118. The lowest BCUT2D eigenvalue weighted by atomic mass is 9.91. The second kappa shape index (κ2) is 8.46. The number of benzene rings is 1. The highest BCUT2D eigenvalue weighted by molar-refractivity contribution is 6.04. The van der Waals surface area contributed by atoms with Crippen LogP contribution in [0.25, 0.3) is 22.2 Å². The predicted octanol–water partition coefficient (Wildman–Crippen LogP) is 2.38. The number of rotatable bonds is 8. The molecule has 2 N–H and O–H groups in total. The van der Waals surface area contributed by atoms with Crippen LogP contribution in [0.5, 0.6) is 11.5 Å². The Kier molecular flexibility index (Phi) is 6.00. The van der Waals surface area contributed by atoms with Gasteiger partial charge in [-0.05, 0) is 18.6 Å². The number of aromatic amines is 1. The zero-order valence-corrected chi connectivity index (χ0v) is 16.7. The summed E-state index contributed by atoms with van der Waals surface area (Å²) in [7, 11) is 3.00. The van der Waals surface area contributed by atoms with Crippen LogP contribution in [0, 0.1) is 0 Å². The number of phenols is 1. The van der Waals surface area contributed by atoms with E-state index in [1.54, 1.807) is 23.8 Å². The Balaban J connectivity index is 2.42. The van der Waals surface area contributed by atoms with E-state index < -0.39 is 5.92 Å². The molecule has 9 heteroatoms. The number of nitrogens with zero attached hydrogens (tertiary/aromatic N) is 2. The van der Waals surface area contributed by atoms with Crippen molar-refractivity contribution in [3.63, 3.8) is 0 Å². The van der Waals surface area contributed by atoms with Crippen LogP contribution in [0.4, 0.5) is 0 Å². The topological polar surface area (TPSA) is 116 Å². The third kappa shape index (κ3) is 3.87. The summed E-state index contributed by atoms with van der Waals surface area (Å²) in [4.78, 5) is 30.7. The zero-order chi connectivity index (χ0) is 21.1. The van der Waals surface area contributed by atoms with Crippen molar-refractivity contribution in [3.8, 4) is 22.8 Å². The van der Waals surface area contributed by atoms with Crippen molar-refractivity contribution in [2.45, 2.75) is 26.5 Å². The average Bonchev–Trinajstić information content (AvgIpc) is 3.07. The van der Waals surface area contributed by atoms with Crippen LogP contribution in [0.1, 0.15) is 25.3 Å². The summed E-state index contributed by atoms with van der Waals surface area (Å²) in [6.45, 7) is 3.34. The van der Waals surface area contributed by atoms with Crippen LogP contribution in [0.2, 0.25) is 0 Å². The van der Waals surface area contributed by atoms with Gasteiger partial charge in [-0.3, -0.25) is 14.6 Å². The largest absolute Gasteiger partial charge is 0.503 e. The monoisotopic (exact) mass is 401 g/mol. The molecular weight excluding hydrogens is 378 g/mol. The minimum atomic E-state index is -0.483. The molecular formula is C20H23N3O6. The number of nitrogens with one attached hydrogen (secondary N) is 1. The third-order valence-corrected chi connectivity index (χ3v) is 4.73. The summed E-state index contributed by atoms with van der Waals surface area (Å²) in [5.74, 6) is -0.474. The maximum absolute atomic E-state index is 12.2. The van der Waals surface area contributed by atoms with Gasteiger partial charge in [0.15, 0.2) is 18.3 Å². The minimum Gasteiger partial charge on any atom is -0.503 e. The molecule has 0 radical (unpaired) electrons. The molecule has 0 fully saturated rings. The van der Waals surface area contributed by atoms with Crippen LogP contribution in [-0.2, 0) is 21.0 Å². The van der Waals surface area contributed by atoms with Gasteiger partial charge in [0, 0.05) is 37.3 Å². The lowest BCUT2D eigenvalue weighted by Crippen LogP contribution is -2.08. The van der Waals surface area contributed by atoms with E-state index in [1.165, 1.54) is 33.5 Å². The number of fused-ring (bicyclic) bond motifs is 1. The van der Waals surface area contributed by atoms with Gasteiger partial charge in [-0.25, -0.2) is 0 Å². The summed E-state index contributed by atoms with van der Waals surface area (Å²) >= 11 is 0. The maximum Gasteiger partial charge on any atom is 0.266 e. The molecule has 9 nitrogen and oxygen atoms in total. The van der Waals surface area contributed by atoms with Crippen LogP contribution >= 0.6 is 0 Å². The van der Waals surface area contributed by atoms with Crippen LogP contribution in [-0.4, -0.2) is 46.4 Å². The Labute approximate surface area is 166 Å². The van der Waals surface area contributed by atoms with E-state index in [4.69, 9.17) is 14.2 Å². The van der Waals surface area contributed by atoms with Gasteiger partial charge in [-0.15, -0.1) is 0 Å². The maximum atomic E-state index is 12.2. The molecule has 1 atom stereocenters. The van der Waals surface area contributed by atoms with Crippen molar-refractivity contribution in [1.29, 1.82) is 0 Å². The fourth-order valence-electron chi connectivity index (χ4n) is 3.25. The first-order valence-corrected chi connectivity index (χ1v) is 8.93. The number of ether oxygens (including phenoxy) is 3. The molecule has 0 saturated carbocycles. The van der Waals surface area contributed by atoms with Crippen molar-refractivity contribution in [3.05, 3.63) is 40.6 Å². The van der Waals surface area contributed by atoms with E-state index in [0.717, 1.165) is 0 Å². The van der Waals surface area contributed by atoms with Gasteiger partial charge >= 0.3 is 0 Å². The van der Waals surface area contributed by atoms with E-state index in [0.29, 0.717) is 27.7 Å². The smallest absolute Gasteiger partial charge is 0.266 e. The normalized spacial score (nSPS) is 12.3. The van der Waals surface area contributed by atoms with Crippen LogP contribution in [0.15, 0.2) is 29.5 Å². The molecule has 0 amide bonds. The summed E-state index contributed by atoms with van der Waals surface area (Å²) in [5.41, 5.74) is 1.77. The number of aromatic nitrogens is 3. The second-order valence-corrected chi connectivity index (χ2v) is 6.66. The van der Waals surface area contributed by atoms with Gasteiger partial charge in [0.1, 0.15) is 12.5 Å². The van der Waals surface area contributed by atoms with Gasteiger partial charge in [0.2, 0.25) is 0 Å². The van der Waals surface area contributed by atoms with Crippen molar-refractivity contribution in [2.24, 2.45) is 0 Å². The molecule has 0 aliphatic rings. The van der Waals surface area contributed by atoms with Crippen molar-refractivity contribution in [1.82, 2.24) is 14.5 Å². The molecule has 0 aliphatic heterocycles. The first-order chi connectivity index (χ1) is 13.9. The van der Waals surface area contributed by atoms with Crippen molar-refractivity contribution >= 4 is 16.7 Å². The van der Waals surface area contributed by atoms with Crippen LogP contribution < -0.4 is 10.3 Å². The molecule has 29 heavy (non-hydrogen) atoms. The highest BCUT2D eigenvalue weighted by Crippen LogP contribution is 2.44. The number of carbonyl (C=O) groups is 1. The summed E-state index contributed by atoms with van der Waals surface area (Å²) in [5, 5.41) is 11.5. The molecule has 2 heterocycles. The Bertz CT molecular complexity index is 1100. The van der Waals surface area contributed by atoms with Gasteiger partial charge < -0.3 is 28.9 Å². The Morgan fingerprint density at radius 2 is 2.07 bits per heavy atom. The van der Waals surface area contributed by atoms with E-state index in [9.17, 15) is 14.7 Å². The molecule has 0 unspecified atom stereocenters.